The molecule has 0 saturated heterocycles. The van der Waals surface area contributed by atoms with Gasteiger partial charge in [0.1, 0.15) is 17.9 Å². The summed E-state index contributed by atoms with van der Waals surface area (Å²) >= 11 is 1.14. The predicted molar refractivity (Wildman–Crippen MR) is 136 cm³/mol. The zero-order chi connectivity index (χ0) is 27.2. The number of nitrogens with zero attached hydrogens (tertiary/aromatic N) is 3. The maximum atomic E-state index is 11.8. The smallest absolute Gasteiger partial charge is 0.315 e. The quantitative estimate of drug-likeness (QED) is 0.119. The van der Waals surface area contributed by atoms with E-state index in [-0.39, 0.29) is 51.8 Å². The van der Waals surface area contributed by atoms with Gasteiger partial charge >= 0.3 is 11.7 Å². The highest BCUT2D eigenvalue weighted by molar-refractivity contribution is 7.98. The van der Waals surface area contributed by atoms with Crippen molar-refractivity contribution in [2.24, 2.45) is 5.73 Å². The van der Waals surface area contributed by atoms with Crippen LogP contribution in [0.5, 0.6) is 17.2 Å². The molecular weight excluding hydrogens is 516 g/mol. The van der Waals surface area contributed by atoms with Gasteiger partial charge in [0.05, 0.1) is 17.1 Å². The van der Waals surface area contributed by atoms with E-state index < -0.39 is 16.8 Å². The number of ether oxygens (including phenoxy) is 2. The maximum Gasteiger partial charge on any atom is 0.315 e. The second-order valence-electron chi connectivity index (χ2n) is 7.99. The zero-order valence-corrected chi connectivity index (χ0v) is 20.9. The lowest BCUT2D eigenvalue weighted by Gasteiger charge is -2.13. The highest BCUT2D eigenvalue weighted by atomic mass is 32.2. The molecule has 1 heterocycles. The topological polar surface area (TPSA) is 181 Å². The van der Waals surface area contributed by atoms with Crippen molar-refractivity contribution in [2.75, 3.05) is 6.61 Å². The Balaban J connectivity index is 1.53. The maximum absolute atomic E-state index is 11.8. The van der Waals surface area contributed by atoms with Gasteiger partial charge in [-0.25, -0.2) is 0 Å². The summed E-state index contributed by atoms with van der Waals surface area (Å²) in [7, 11) is 0. The van der Waals surface area contributed by atoms with Crippen LogP contribution in [0.1, 0.15) is 35.2 Å². The summed E-state index contributed by atoms with van der Waals surface area (Å²) in [6.07, 6.45) is 0.557. The largest absolute Gasteiger partial charge is 0.506 e. The van der Waals surface area contributed by atoms with Crippen molar-refractivity contribution >= 4 is 40.1 Å². The molecule has 0 spiro atoms. The van der Waals surface area contributed by atoms with E-state index in [0.717, 1.165) is 11.8 Å². The molecule has 196 valence electrons. The van der Waals surface area contributed by atoms with Crippen LogP contribution in [0.4, 0.5) is 5.69 Å². The fraction of sp³-hybridized carbons (Fsp3) is 0.200. The number of rotatable bonds is 11. The number of fused-ring (bicyclic) bond motifs is 1. The molecule has 3 N–H and O–H groups in total. The van der Waals surface area contributed by atoms with E-state index in [2.05, 4.69) is 10.2 Å². The number of nitro benzene ring substituents is 1. The van der Waals surface area contributed by atoms with Gasteiger partial charge in [0, 0.05) is 22.6 Å². The number of esters is 1. The Morgan fingerprint density at radius 3 is 2.61 bits per heavy atom. The number of aromatic hydroxyl groups is 1. The first-order valence-electron chi connectivity index (χ1n) is 11.4. The molecule has 3 aromatic carbocycles. The molecule has 0 unspecified atom stereocenters. The SMILES string of the molecule is CCCOC(=O)Cc1nnc(SCc2ccc(Oc3cc(C(N)=O)c(O)c4ccccc34)c([N+](=O)[O-])c2)o1. The summed E-state index contributed by atoms with van der Waals surface area (Å²) in [5.41, 5.74) is 5.47. The lowest BCUT2D eigenvalue weighted by Crippen LogP contribution is -2.11. The lowest BCUT2D eigenvalue weighted by atomic mass is 10.0. The minimum absolute atomic E-state index is 0.0688. The standard InChI is InChI=1S/C25H22N4O8S/c1-2-9-35-22(30)12-21-27-28-25(37-21)38-13-14-7-8-19(18(10-14)29(33)34)36-20-11-17(24(26)32)23(31)16-6-4-3-5-15(16)20/h3-8,10-11,31H,2,9,12-13H2,1H3,(H2,26,32). The van der Waals surface area contributed by atoms with Gasteiger partial charge < -0.3 is 24.7 Å². The van der Waals surface area contributed by atoms with E-state index in [0.29, 0.717) is 29.4 Å². The second-order valence-corrected chi connectivity index (χ2v) is 8.92. The second kappa shape index (κ2) is 11.6. The van der Waals surface area contributed by atoms with E-state index in [9.17, 15) is 24.8 Å². The fourth-order valence-corrected chi connectivity index (χ4v) is 4.23. The number of benzene rings is 3. The molecule has 38 heavy (non-hydrogen) atoms. The number of hydrogen-bond acceptors (Lipinski definition) is 11. The molecule has 1 aromatic heterocycles. The third kappa shape index (κ3) is 6.00. The number of carbonyl (C=O) groups excluding carboxylic acids is 2. The highest BCUT2D eigenvalue weighted by Gasteiger charge is 2.21. The van der Waals surface area contributed by atoms with Crippen LogP contribution in [-0.4, -0.2) is 38.7 Å². The summed E-state index contributed by atoms with van der Waals surface area (Å²) in [4.78, 5) is 34.8. The number of primary amides is 1. The van der Waals surface area contributed by atoms with Gasteiger partial charge in [-0.15, -0.1) is 10.2 Å². The Kier molecular flexibility index (Phi) is 8.06. The predicted octanol–water partition coefficient (Wildman–Crippen LogP) is 4.52. The first-order valence-corrected chi connectivity index (χ1v) is 12.4. The van der Waals surface area contributed by atoms with E-state index in [1.54, 1.807) is 30.3 Å². The first kappa shape index (κ1) is 26.4. The Labute approximate surface area is 219 Å². The molecule has 0 aliphatic heterocycles. The van der Waals surface area contributed by atoms with Crippen LogP contribution in [-0.2, 0) is 21.7 Å². The van der Waals surface area contributed by atoms with E-state index in [1.165, 1.54) is 18.2 Å². The molecular formula is C25H22N4O8S. The summed E-state index contributed by atoms with van der Waals surface area (Å²) in [5.74, 6) is -1.22. The number of amides is 1. The van der Waals surface area contributed by atoms with Gasteiger partial charge in [-0.2, -0.15) is 0 Å². The molecule has 1 amide bonds. The minimum atomic E-state index is -0.873. The molecule has 0 radical (unpaired) electrons. The Morgan fingerprint density at radius 2 is 1.89 bits per heavy atom. The number of nitrogens with two attached hydrogens (primary N) is 1. The van der Waals surface area contributed by atoms with Crippen LogP contribution in [0.2, 0.25) is 0 Å². The summed E-state index contributed by atoms with van der Waals surface area (Å²) in [6, 6.07) is 12.2. The van der Waals surface area contributed by atoms with Crippen molar-refractivity contribution in [1.82, 2.24) is 10.2 Å². The monoisotopic (exact) mass is 538 g/mol. The molecule has 12 nitrogen and oxygen atoms in total. The summed E-state index contributed by atoms with van der Waals surface area (Å²) < 4.78 is 16.3. The first-order chi connectivity index (χ1) is 18.3. The van der Waals surface area contributed by atoms with Gasteiger partial charge in [0.25, 0.3) is 11.1 Å². The third-order valence-electron chi connectivity index (χ3n) is 5.26. The third-order valence-corrected chi connectivity index (χ3v) is 6.15. The highest BCUT2D eigenvalue weighted by Crippen LogP contribution is 2.40. The molecule has 4 aromatic rings. The molecule has 0 fully saturated rings. The van der Waals surface area contributed by atoms with Crippen molar-refractivity contribution in [3.05, 3.63) is 75.7 Å². The average Bonchev–Trinajstić information content (AvgIpc) is 3.35. The van der Waals surface area contributed by atoms with Crippen molar-refractivity contribution in [1.29, 1.82) is 0 Å². The van der Waals surface area contributed by atoms with Gasteiger partial charge in [-0.05, 0) is 24.1 Å². The summed E-state index contributed by atoms with van der Waals surface area (Å²) in [5, 5.41) is 30.9. The molecule has 0 bridgehead atoms. The molecule has 0 aliphatic rings. The van der Waals surface area contributed by atoms with Crippen molar-refractivity contribution in [3.63, 3.8) is 0 Å². The number of carbonyl (C=O) groups is 2. The molecule has 0 aliphatic carbocycles. The van der Waals surface area contributed by atoms with Crippen LogP contribution >= 0.6 is 11.8 Å². The molecule has 13 heteroatoms. The van der Waals surface area contributed by atoms with Gasteiger partial charge in [0.2, 0.25) is 11.6 Å². The Morgan fingerprint density at radius 1 is 1.13 bits per heavy atom. The Hall–Kier alpha value is -4.65. The van der Waals surface area contributed by atoms with Crippen LogP contribution in [0.3, 0.4) is 0 Å². The van der Waals surface area contributed by atoms with Crippen molar-refractivity contribution in [3.8, 4) is 17.2 Å². The van der Waals surface area contributed by atoms with Crippen LogP contribution < -0.4 is 10.5 Å². The van der Waals surface area contributed by atoms with Crippen molar-refractivity contribution in [2.45, 2.75) is 30.7 Å². The van der Waals surface area contributed by atoms with Gasteiger partial charge in [-0.3, -0.25) is 19.7 Å². The van der Waals surface area contributed by atoms with E-state index in [4.69, 9.17) is 19.6 Å². The average molecular weight is 539 g/mol. The number of hydrogen-bond donors (Lipinski definition) is 2. The minimum Gasteiger partial charge on any atom is -0.506 e. The lowest BCUT2D eigenvalue weighted by molar-refractivity contribution is -0.385. The van der Waals surface area contributed by atoms with Crippen LogP contribution in [0.25, 0.3) is 10.8 Å². The number of thioether (sulfide) groups is 1. The van der Waals surface area contributed by atoms with Gasteiger partial charge in [0.15, 0.2) is 0 Å². The normalized spacial score (nSPS) is 10.9. The van der Waals surface area contributed by atoms with Crippen molar-refractivity contribution < 1.29 is 33.5 Å². The zero-order valence-electron chi connectivity index (χ0n) is 20.1. The molecule has 4 rings (SSSR count). The molecule has 0 atom stereocenters. The van der Waals surface area contributed by atoms with Crippen LogP contribution in [0, 0.1) is 10.1 Å². The number of nitro groups is 1. The van der Waals surface area contributed by atoms with E-state index >= 15 is 0 Å². The van der Waals surface area contributed by atoms with E-state index in [1.807, 2.05) is 6.92 Å². The number of phenols is 1. The summed E-state index contributed by atoms with van der Waals surface area (Å²) in [6.45, 7) is 2.19. The Bertz CT molecular complexity index is 1520. The number of aromatic nitrogens is 2. The molecule has 0 saturated carbocycles. The fourth-order valence-electron chi connectivity index (χ4n) is 3.50. The van der Waals surface area contributed by atoms with Gasteiger partial charge in [-0.1, -0.05) is 49.0 Å². The van der Waals surface area contributed by atoms with Crippen LogP contribution in [0.15, 0.2) is 58.2 Å².